The van der Waals surface area contributed by atoms with Crippen molar-refractivity contribution in [1.29, 1.82) is 0 Å². The smallest absolute Gasteiger partial charge is 0.157 e. The zero-order valence-corrected chi connectivity index (χ0v) is 10.3. The lowest BCUT2D eigenvalue weighted by Crippen LogP contribution is -1.98. The number of fused-ring (bicyclic) bond motifs is 1. The maximum Gasteiger partial charge on any atom is 0.157 e. The third-order valence-corrected chi connectivity index (χ3v) is 2.61. The fraction of sp³-hybridized carbons (Fsp3) is 0.455. The Labute approximate surface area is 99.2 Å². The molecule has 2 aromatic rings. The Hall–Kier alpha value is -1.13. The average Bonchev–Trinajstić information content (AvgIpc) is 2.62. The van der Waals surface area contributed by atoms with Crippen LogP contribution in [0.2, 0.25) is 5.15 Å². The van der Waals surface area contributed by atoms with Gasteiger partial charge in [0.15, 0.2) is 5.65 Å². The van der Waals surface area contributed by atoms with E-state index in [1.165, 1.54) is 0 Å². The molecule has 0 aliphatic carbocycles. The monoisotopic (exact) mass is 239 g/mol. The Kier molecular flexibility index (Phi) is 3.12. The SMILES string of the molecule is COCc1cc(Cl)n2nc(C(C)C)cc2n1. The van der Waals surface area contributed by atoms with Crippen LogP contribution in [-0.4, -0.2) is 21.7 Å². The van der Waals surface area contributed by atoms with Gasteiger partial charge in [0, 0.05) is 13.2 Å². The molecule has 5 heteroatoms. The van der Waals surface area contributed by atoms with Crippen molar-refractivity contribution < 1.29 is 4.74 Å². The lowest BCUT2D eigenvalue weighted by Gasteiger charge is -2.01. The van der Waals surface area contributed by atoms with Gasteiger partial charge >= 0.3 is 0 Å². The van der Waals surface area contributed by atoms with E-state index < -0.39 is 0 Å². The molecule has 2 rings (SSSR count). The zero-order valence-electron chi connectivity index (χ0n) is 9.57. The van der Waals surface area contributed by atoms with Gasteiger partial charge < -0.3 is 4.74 Å². The van der Waals surface area contributed by atoms with Crippen molar-refractivity contribution in [2.45, 2.75) is 26.4 Å². The van der Waals surface area contributed by atoms with Crippen molar-refractivity contribution >= 4 is 17.2 Å². The molecule has 0 amide bonds. The summed E-state index contributed by atoms with van der Waals surface area (Å²) in [6, 6.07) is 3.73. The van der Waals surface area contributed by atoms with Crippen molar-refractivity contribution in [1.82, 2.24) is 14.6 Å². The second kappa shape index (κ2) is 4.39. The van der Waals surface area contributed by atoms with Gasteiger partial charge in [0.2, 0.25) is 0 Å². The molecule has 86 valence electrons. The highest BCUT2D eigenvalue weighted by molar-refractivity contribution is 6.29. The quantitative estimate of drug-likeness (QED) is 0.773. The van der Waals surface area contributed by atoms with E-state index in [9.17, 15) is 0 Å². The second-order valence-corrected chi connectivity index (χ2v) is 4.38. The van der Waals surface area contributed by atoms with Gasteiger partial charge in [0.25, 0.3) is 0 Å². The van der Waals surface area contributed by atoms with Gasteiger partial charge in [-0.1, -0.05) is 25.4 Å². The van der Waals surface area contributed by atoms with E-state index in [0.717, 1.165) is 17.0 Å². The molecule has 0 bridgehead atoms. The molecule has 0 aliphatic heterocycles. The zero-order chi connectivity index (χ0) is 11.7. The van der Waals surface area contributed by atoms with E-state index >= 15 is 0 Å². The first-order chi connectivity index (χ1) is 7.61. The van der Waals surface area contributed by atoms with Crippen molar-refractivity contribution in [3.05, 3.63) is 28.7 Å². The minimum atomic E-state index is 0.364. The molecule has 0 spiro atoms. The number of hydrogen-bond acceptors (Lipinski definition) is 3. The van der Waals surface area contributed by atoms with E-state index in [-0.39, 0.29) is 0 Å². The molecule has 2 heterocycles. The van der Waals surface area contributed by atoms with Crippen molar-refractivity contribution in [2.75, 3.05) is 7.11 Å². The Bertz CT molecular complexity index is 507. The van der Waals surface area contributed by atoms with Crippen LogP contribution in [-0.2, 0) is 11.3 Å². The highest BCUT2D eigenvalue weighted by Crippen LogP contribution is 2.18. The first-order valence-corrected chi connectivity index (χ1v) is 5.53. The number of halogens is 1. The number of ether oxygens (including phenoxy) is 1. The van der Waals surface area contributed by atoms with Gasteiger partial charge in [-0.05, 0) is 12.0 Å². The summed E-state index contributed by atoms with van der Waals surface area (Å²) >= 11 is 6.12. The fourth-order valence-corrected chi connectivity index (χ4v) is 1.76. The highest BCUT2D eigenvalue weighted by Gasteiger charge is 2.10. The van der Waals surface area contributed by atoms with Crippen LogP contribution in [0.5, 0.6) is 0 Å². The Balaban J connectivity index is 2.54. The summed E-state index contributed by atoms with van der Waals surface area (Å²) in [4.78, 5) is 4.42. The minimum absolute atomic E-state index is 0.364. The molecule has 0 atom stereocenters. The molecular formula is C11H14ClN3O. The fourth-order valence-electron chi connectivity index (χ4n) is 1.51. The summed E-state index contributed by atoms with van der Waals surface area (Å²) in [6.45, 7) is 4.63. The Morgan fingerprint density at radius 1 is 1.44 bits per heavy atom. The van der Waals surface area contributed by atoms with Gasteiger partial charge in [-0.15, -0.1) is 0 Å². The van der Waals surface area contributed by atoms with E-state index in [2.05, 4.69) is 23.9 Å². The van der Waals surface area contributed by atoms with Crippen molar-refractivity contribution in [3.63, 3.8) is 0 Å². The van der Waals surface area contributed by atoms with Crippen LogP contribution in [0.4, 0.5) is 0 Å². The number of aromatic nitrogens is 3. The van der Waals surface area contributed by atoms with E-state index in [1.54, 1.807) is 17.7 Å². The molecule has 0 unspecified atom stereocenters. The van der Waals surface area contributed by atoms with Gasteiger partial charge in [-0.2, -0.15) is 5.10 Å². The van der Waals surface area contributed by atoms with Crippen LogP contribution >= 0.6 is 11.6 Å². The second-order valence-electron chi connectivity index (χ2n) is 4.00. The molecule has 0 aliphatic rings. The van der Waals surface area contributed by atoms with Crippen molar-refractivity contribution in [2.24, 2.45) is 0 Å². The van der Waals surface area contributed by atoms with Crippen LogP contribution in [0, 0.1) is 0 Å². The number of methoxy groups -OCH3 is 1. The van der Waals surface area contributed by atoms with Crippen LogP contribution in [0.1, 0.15) is 31.2 Å². The van der Waals surface area contributed by atoms with E-state index in [0.29, 0.717) is 17.7 Å². The summed E-state index contributed by atoms with van der Waals surface area (Å²) in [7, 11) is 1.63. The highest BCUT2D eigenvalue weighted by atomic mass is 35.5. The number of nitrogens with zero attached hydrogens (tertiary/aromatic N) is 3. The van der Waals surface area contributed by atoms with Crippen LogP contribution in [0.15, 0.2) is 12.1 Å². The van der Waals surface area contributed by atoms with E-state index in [4.69, 9.17) is 16.3 Å². The third kappa shape index (κ3) is 2.03. The summed E-state index contributed by atoms with van der Waals surface area (Å²) < 4.78 is 6.68. The average molecular weight is 240 g/mol. The summed E-state index contributed by atoms with van der Waals surface area (Å²) in [6.07, 6.45) is 0. The predicted molar refractivity (Wildman–Crippen MR) is 62.8 cm³/mol. The van der Waals surface area contributed by atoms with Crippen LogP contribution in [0.3, 0.4) is 0 Å². The molecular weight excluding hydrogens is 226 g/mol. The van der Waals surface area contributed by atoms with Gasteiger partial charge in [0.05, 0.1) is 18.0 Å². The normalized spacial score (nSPS) is 11.6. The topological polar surface area (TPSA) is 39.4 Å². The number of rotatable bonds is 3. The summed E-state index contributed by atoms with van der Waals surface area (Å²) in [5.41, 5.74) is 2.57. The third-order valence-electron chi connectivity index (χ3n) is 2.34. The molecule has 0 aromatic carbocycles. The first kappa shape index (κ1) is 11.4. The van der Waals surface area contributed by atoms with Crippen LogP contribution in [0.25, 0.3) is 5.65 Å². The molecule has 0 radical (unpaired) electrons. The summed E-state index contributed by atoms with van der Waals surface area (Å²) in [5.74, 6) is 0.364. The van der Waals surface area contributed by atoms with E-state index in [1.807, 2.05) is 6.07 Å². The molecule has 4 nitrogen and oxygen atoms in total. The molecule has 0 fully saturated rings. The number of hydrogen-bond donors (Lipinski definition) is 0. The molecule has 0 saturated heterocycles. The maximum atomic E-state index is 6.12. The Morgan fingerprint density at radius 2 is 2.19 bits per heavy atom. The molecule has 0 saturated carbocycles. The minimum Gasteiger partial charge on any atom is -0.378 e. The van der Waals surface area contributed by atoms with Crippen LogP contribution < -0.4 is 0 Å². The lowest BCUT2D eigenvalue weighted by atomic mass is 10.1. The molecule has 0 N–H and O–H groups in total. The van der Waals surface area contributed by atoms with Gasteiger partial charge in [-0.25, -0.2) is 9.50 Å². The lowest BCUT2D eigenvalue weighted by molar-refractivity contribution is 0.181. The van der Waals surface area contributed by atoms with Gasteiger partial charge in [-0.3, -0.25) is 0 Å². The van der Waals surface area contributed by atoms with Crippen molar-refractivity contribution in [3.8, 4) is 0 Å². The first-order valence-electron chi connectivity index (χ1n) is 5.16. The molecule has 16 heavy (non-hydrogen) atoms. The maximum absolute atomic E-state index is 6.12. The largest absolute Gasteiger partial charge is 0.378 e. The van der Waals surface area contributed by atoms with Gasteiger partial charge in [0.1, 0.15) is 5.15 Å². The predicted octanol–water partition coefficient (Wildman–Crippen LogP) is 2.65. The molecule has 2 aromatic heterocycles. The standard InChI is InChI=1S/C11H14ClN3O/c1-7(2)9-5-11-13-8(6-16-3)4-10(12)15(11)14-9/h4-5,7H,6H2,1-3H3. The Morgan fingerprint density at radius 3 is 2.81 bits per heavy atom. The summed E-state index contributed by atoms with van der Waals surface area (Å²) in [5, 5.41) is 4.95.